The van der Waals surface area contributed by atoms with Crippen LogP contribution in [-0.4, -0.2) is 19.1 Å². The average Bonchev–Trinajstić information content (AvgIpc) is 3.04. The number of imidazole rings is 2. The van der Waals surface area contributed by atoms with Crippen molar-refractivity contribution < 1.29 is 0 Å². The van der Waals surface area contributed by atoms with E-state index < -0.39 is 0 Å². The van der Waals surface area contributed by atoms with Crippen molar-refractivity contribution in [1.82, 2.24) is 19.1 Å². The number of rotatable bonds is 3. The lowest BCUT2D eigenvalue weighted by molar-refractivity contribution is 0.746. The number of nitrogens with zero attached hydrogens (tertiary/aromatic N) is 4. The van der Waals surface area contributed by atoms with Crippen molar-refractivity contribution in [2.24, 2.45) is 0 Å². The molecule has 0 saturated heterocycles. The minimum absolute atomic E-state index is 0. The molecule has 0 aliphatic rings. The maximum atomic E-state index is 6.16. The Bertz CT molecular complexity index is 749. The Labute approximate surface area is 147 Å². The topological polar surface area (TPSA) is 35.6 Å². The van der Waals surface area contributed by atoms with E-state index in [4.69, 9.17) is 11.6 Å². The maximum absolute atomic E-state index is 6.16. The second-order valence-corrected chi connectivity index (χ2v) is 5.22. The van der Waals surface area contributed by atoms with Gasteiger partial charge in [0.15, 0.2) is 0 Å². The molecular weight excluding hydrogens is 343 g/mol. The van der Waals surface area contributed by atoms with Gasteiger partial charge < -0.3 is 9.13 Å². The van der Waals surface area contributed by atoms with Crippen LogP contribution in [0.5, 0.6) is 0 Å². The highest BCUT2D eigenvalue weighted by atomic mass is 35.5. The lowest BCUT2D eigenvalue weighted by atomic mass is 10.2. The first kappa shape index (κ1) is 18.6. The van der Waals surface area contributed by atoms with Gasteiger partial charge in [-0.15, -0.1) is 24.8 Å². The summed E-state index contributed by atoms with van der Waals surface area (Å²) < 4.78 is 4.04. The van der Waals surface area contributed by atoms with Crippen molar-refractivity contribution in [3.05, 3.63) is 65.2 Å². The number of hydrogen-bond acceptors (Lipinski definition) is 2. The molecule has 0 radical (unpaired) electrons. The van der Waals surface area contributed by atoms with Crippen LogP contribution < -0.4 is 0 Å². The van der Waals surface area contributed by atoms with Crippen molar-refractivity contribution in [3.63, 3.8) is 0 Å². The standard InChI is InChI=1S/C15H15ClN4.2ClH/c1-11-3-4-14(7-15(11)16)20-9-13(18-10-20)8-19-6-5-17-12(19)2;;/h3-7,9-10H,8H2,1-2H3;2*1H. The number of aryl methyl sites for hydroxylation is 2. The van der Waals surface area contributed by atoms with E-state index >= 15 is 0 Å². The molecule has 1 aromatic carbocycles. The summed E-state index contributed by atoms with van der Waals surface area (Å²) in [5, 5.41) is 0.767. The van der Waals surface area contributed by atoms with Crippen LogP contribution in [-0.2, 0) is 6.54 Å². The fourth-order valence-corrected chi connectivity index (χ4v) is 2.25. The molecule has 2 heterocycles. The third-order valence-electron chi connectivity index (χ3n) is 3.35. The van der Waals surface area contributed by atoms with E-state index in [1.807, 2.05) is 55.3 Å². The summed E-state index contributed by atoms with van der Waals surface area (Å²) in [5.74, 6) is 0.984. The summed E-state index contributed by atoms with van der Waals surface area (Å²) >= 11 is 6.16. The molecule has 0 saturated carbocycles. The molecule has 0 aliphatic carbocycles. The van der Waals surface area contributed by atoms with Crippen molar-refractivity contribution in [2.75, 3.05) is 0 Å². The zero-order valence-corrected chi connectivity index (χ0v) is 14.6. The van der Waals surface area contributed by atoms with Gasteiger partial charge in [-0.3, -0.25) is 0 Å². The van der Waals surface area contributed by atoms with E-state index in [-0.39, 0.29) is 24.8 Å². The van der Waals surface area contributed by atoms with E-state index in [1.54, 1.807) is 6.20 Å². The molecule has 0 atom stereocenters. The predicted octanol–water partition coefficient (Wildman–Crippen LogP) is 4.23. The molecular formula is C15H17Cl3N4. The first-order chi connectivity index (χ1) is 9.63. The first-order valence-electron chi connectivity index (χ1n) is 6.40. The van der Waals surface area contributed by atoms with Gasteiger partial charge in [0, 0.05) is 29.3 Å². The van der Waals surface area contributed by atoms with Crippen molar-refractivity contribution in [3.8, 4) is 5.69 Å². The fraction of sp³-hybridized carbons (Fsp3) is 0.200. The second kappa shape index (κ2) is 7.68. The summed E-state index contributed by atoms with van der Waals surface area (Å²) in [4.78, 5) is 8.64. The van der Waals surface area contributed by atoms with Gasteiger partial charge in [0.05, 0.1) is 18.6 Å². The second-order valence-electron chi connectivity index (χ2n) is 4.81. The summed E-state index contributed by atoms with van der Waals surface area (Å²) in [5.41, 5.74) is 3.08. The monoisotopic (exact) mass is 358 g/mol. The lowest BCUT2D eigenvalue weighted by Gasteiger charge is -2.04. The minimum Gasteiger partial charge on any atom is -0.329 e. The van der Waals surface area contributed by atoms with Gasteiger partial charge in [0.1, 0.15) is 5.82 Å². The van der Waals surface area contributed by atoms with E-state index in [0.29, 0.717) is 0 Å². The number of halogens is 3. The SMILES string of the molecule is Cc1ccc(-n2cnc(Cn3ccnc3C)c2)cc1Cl.Cl.Cl. The molecule has 3 rings (SSSR count). The largest absolute Gasteiger partial charge is 0.329 e. The highest BCUT2D eigenvalue weighted by Gasteiger charge is 2.05. The zero-order chi connectivity index (χ0) is 14.1. The zero-order valence-electron chi connectivity index (χ0n) is 12.2. The smallest absolute Gasteiger partial charge is 0.105 e. The summed E-state index contributed by atoms with van der Waals surface area (Å²) in [6.07, 6.45) is 7.58. The molecule has 118 valence electrons. The molecule has 0 bridgehead atoms. The molecule has 0 unspecified atom stereocenters. The predicted molar refractivity (Wildman–Crippen MR) is 93.9 cm³/mol. The molecule has 7 heteroatoms. The number of hydrogen-bond donors (Lipinski definition) is 0. The van der Waals surface area contributed by atoms with Crippen molar-refractivity contribution in [1.29, 1.82) is 0 Å². The average molecular weight is 360 g/mol. The lowest BCUT2D eigenvalue weighted by Crippen LogP contribution is -2.00. The van der Waals surface area contributed by atoms with Crippen LogP contribution >= 0.6 is 36.4 Å². The maximum Gasteiger partial charge on any atom is 0.105 e. The molecule has 0 spiro atoms. The molecule has 4 nitrogen and oxygen atoms in total. The highest BCUT2D eigenvalue weighted by Crippen LogP contribution is 2.19. The first-order valence-corrected chi connectivity index (χ1v) is 6.78. The van der Waals surface area contributed by atoms with Crippen LogP contribution in [0, 0.1) is 13.8 Å². The van der Waals surface area contributed by atoms with E-state index in [9.17, 15) is 0 Å². The summed E-state index contributed by atoms with van der Waals surface area (Å²) in [6.45, 7) is 4.70. The van der Waals surface area contributed by atoms with E-state index in [1.165, 1.54) is 0 Å². The van der Waals surface area contributed by atoms with Crippen LogP contribution in [0.4, 0.5) is 0 Å². The molecule has 0 N–H and O–H groups in total. The highest BCUT2D eigenvalue weighted by molar-refractivity contribution is 6.31. The van der Waals surface area contributed by atoms with Crippen LogP contribution in [0.3, 0.4) is 0 Å². The van der Waals surface area contributed by atoms with Gasteiger partial charge in [-0.1, -0.05) is 17.7 Å². The summed E-state index contributed by atoms with van der Waals surface area (Å²) in [7, 11) is 0. The van der Waals surface area contributed by atoms with Gasteiger partial charge in [0.25, 0.3) is 0 Å². The Morgan fingerprint density at radius 2 is 1.91 bits per heavy atom. The van der Waals surface area contributed by atoms with E-state index in [2.05, 4.69) is 14.5 Å². The summed E-state index contributed by atoms with van der Waals surface area (Å²) in [6, 6.07) is 6.00. The van der Waals surface area contributed by atoms with Crippen LogP contribution in [0.15, 0.2) is 43.1 Å². The van der Waals surface area contributed by atoms with Crippen LogP contribution in [0.1, 0.15) is 17.1 Å². The quantitative estimate of drug-likeness (QED) is 0.701. The number of benzene rings is 1. The van der Waals surface area contributed by atoms with Gasteiger partial charge in [-0.05, 0) is 31.5 Å². The third-order valence-corrected chi connectivity index (χ3v) is 3.75. The molecule has 0 aliphatic heterocycles. The Morgan fingerprint density at radius 1 is 1.14 bits per heavy atom. The van der Waals surface area contributed by atoms with E-state index in [0.717, 1.165) is 34.3 Å². The van der Waals surface area contributed by atoms with Crippen LogP contribution in [0.2, 0.25) is 5.02 Å². The third kappa shape index (κ3) is 3.83. The molecule has 22 heavy (non-hydrogen) atoms. The molecule has 0 amide bonds. The van der Waals surface area contributed by atoms with Gasteiger partial charge in [-0.25, -0.2) is 9.97 Å². The number of aromatic nitrogens is 4. The molecule has 2 aromatic heterocycles. The Balaban J connectivity index is 0.00000121. The van der Waals surface area contributed by atoms with Gasteiger partial charge in [-0.2, -0.15) is 0 Å². The van der Waals surface area contributed by atoms with Crippen LogP contribution in [0.25, 0.3) is 5.69 Å². The molecule has 3 aromatic rings. The Kier molecular flexibility index (Phi) is 6.48. The normalized spacial score (nSPS) is 9.95. The molecule has 0 fully saturated rings. The van der Waals surface area contributed by atoms with Gasteiger partial charge in [0.2, 0.25) is 0 Å². The minimum atomic E-state index is 0. The van der Waals surface area contributed by atoms with Crippen molar-refractivity contribution >= 4 is 36.4 Å². The van der Waals surface area contributed by atoms with Crippen molar-refractivity contribution in [2.45, 2.75) is 20.4 Å². The Morgan fingerprint density at radius 3 is 2.55 bits per heavy atom. The van der Waals surface area contributed by atoms with Gasteiger partial charge >= 0.3 is 0 Å². The Hall–Kier alpha value is -1.49. The fourth-order valence-electron chi connectivity index (χ4n) is 2.07.